The van der Waals surface area contributed by atoms with Crippen LogP contribution in [0, 0.1) is 12.7 Å². The number of rotatable bonds is 2. The first kappa shape index (κ1) is 13.1. The molecule has 3 nitrogen and oxygen atoms in total. The van der Waals surface area contributed by atoms with Crippen LogP contribution < -0.4 is 5.73 Å². The number of benzene rings is 1. The monoisotopic (exact) mass is 308 g/mol. The molecule has 2 N–H and O–H groups in total. The van der Waals surface area contributed by atoms with Gasteiger partial charge in [-0.05, 0) is 35.6 Å². The minimum absolute atomic E-state index is 0.258. The van der Waals surface area contributed by atoms with Gasteiger partial charge in [0.2, 0.25) is 0 Å². The van der Waals surface area contributed by atoms with E-state index in [2.05, 4.69) is 5.16 Å². The van der Waals surface area contributed by atoms with Crippen LogP contribution in [0.1, 0.15) is 5.56 Å². The largest absolute Gasteiger partial charge is 0.380 e. The third kappa shape index (κ3) is 2.09. The zero-order valence-corrected chi connectivity index (χ0v) is 12.1. The van der Waals surface area contributed by atoms with E-state index in [4.69, 9.17) is 21.9 Å². The third-order valence-electron chi connectivity index (χ3n) is 2.96. The molecule has 1 aromatic carbocycles. The van der Waals surface area contributed by atoms with Crippen molar-refractivity contribution in [1.82, 2.24) is 5.16 Å². The zero-order valence-electron chi connectivity index (χ0n) is 10.5. The number of nitrogens with two attached hydrogens (primary N) is 1. The number of anilines is 1. The van der Waals surface area contributed by atoms with Crippen molar-refractivity contribution >= 4 is 28.8 Å². The summed E-state index contributed by atoms with van der Waals surface area (Å²) in [5.74, 6) is 0.460. The molecule has 0 spiro atoms. The lowest BCUT2D eigenvalue weighted by atomic mass is 10.0. The second-order valence-electron chi connectivity index (χ2n) is 4.34. The van der Waals surface area contributed by atoms with Crippen LogP contribution >= 0.6 is 22.9 Å². The molecule has 102 valence electrons. The number of halogens is 2. The van der Waals surface area contributed by atoms with E-state index in [0.717, 1.165) is 16.0 Å². The number of aryl methyl sites for hydroxylation is 1. The van der Waals surface area contributed by atoms with Crippen molar-refractivity contribution in [3.63, 3.8) is 0 Å². The molecule has 0 aliphatic carbocycles. The molecule has 2 aromatic heterocycles. The minimum atomic E-state index is -0.310. The second-order valence-corrected chi connectivity index (χ2v) is 5.60. The lowest BCUT2D eigenvalue weighted by molar-refractivity contribution is 0.437. The average molecular weight is 309 g/mol. The molecule has 0 aliphatic rings. The van der Waals surface area contributed by atoms with Crippen LogP contribution in [0.3, 0.4) is 0 Å². The van der Waals surface area contributed by atoms with E-state index in [1.54, 1.807) is 12.1 Å². The molecular formula is C14H10ClFN2OS. The summed E-state index contributed by atoms with van der Waals surface area (Å²) in [6, 6.07) is 6.01. The van der Waals surface area contributed by atoms with Gasteiger partial charge in [0.05, 0.1) is 15.5 Å². The Morgan fingerprint density at radius 3 is 2.60 bits per heavy atom. The van der Waals surface area contributed by atoms with E-state index < -0.39 is 0 Å². The smallest absolute Gasteiger partial charge is 0.188 e. The summed E-state index contributed by atoms with van der Waals surface area (Å²) < 4.78 is 18.3. The highest BCUT2D eigenvalue weighted by atomic mass is 35.5. The normalized spacial score (nSPS) is 10.9. The maximum absolute atomic E-state index is 13.0. The Morgan fingerprint density at radius 1 is 1.30 bits per heavy atom. The molecule has 0 atom stereocenters. The molecule has 0 bridgehead atoms. The summed E-state index contributed by atoms with van der Waals surface area (Å²) in [6.07, 6.45) is 0. The Labute approximate surface area is 123 Å². The van der Waals surface area contributed by atoms with E-state index in [1.165, 1.54) is 23.5 Å². The lowest BCUT2D eigenvalue weighted by Gasteiger charge is -2.02. The Bertz CT molecular complexity index is 764. The summed E-state index contributed by atoms with van der Waals surface area (Å²) in [7, 11) is 0. The fourth-order valence-electron chi connectivity index (χ4n) is 1.94. The van der Waals surface area contributed by atoms with Crippen LogP contribution in [0.15, 0.2) is 34.2 Å². The van der Waals surface area contributed by atoms with Crippen LogP contribution in [-0.2, 0) is 0 Å². The van der Waals surface area contributed by atoms with Gasteiger partial charge in [-0.3, -0.25) is 0 Å². The molecule has 3 rings (SSSR count). The van der Waals surface area contributed by atoms with Crippen molar-refractivity contribution in [3.8, 4) is 21.8 Å². The van der Waals surface area contributed by atoms with Crippen LogP contribution in [0.25, 0.3) is 21.8 Å². The summed E-state index contributed by atoms with van der Waals surface area (Å²) in [4.78, 5) is 0.771. The molecule has 0 radical (unpaired) electrons. The molecule has 2 heterocycles. The fraction of sp³-hybridized carbons (Fsp3) is 0.0714. The quantitative estimate of drug-likeness (QED) is 0.743. The van der Waals surface area contributed by atoms with Gasteiger partial charge in [0.15, 0.2) is 11.6 Å². The first-order chi connectivity index (χ1) is 9.58. The van der Waals surface area contributed by atoms with Crippen LogP contribution in [0.5, 0.6) is 0 Å². The molecule has 0 saturated heterocycles. The highest BCUT2D eigenvalue weighted by Gasteiger charge is 2.21. The maximum atomic E-state index is 13.0. The molecule has 3 aromatic rings. The van der Waals surface area contributed by atoms with E-state index in [-0.39, 0.29) is 11.6 Å². The minimum Gasteiger partial charge on any atom is -0.380 e. The highest BCUT2D eigenvalue weighted by molar-refractivity contribution is 7.14. The first-order valence-corrected chi connectivity index (χ1v) is 7.08. The summed E-state index contributed by atoms with van der Waals surface area (Å²) in [6.45, 7) is 1.92. The van der Waals surface area contributed by atoms with E-state index in [0.29, 0.717) is 16.3 Å². The summed E-state index contributed by atoms with van der Waals surface area (Å²) in [5, 5.41) is 6.35. The topological polar surface area (TPSA) is 52.0 Å². The lowest BCUT2D eigenvalue weighted by Crippen LogP contribution is -1.88. The standard InChI is InChI=1S/C14H10ClFN2OS/c1-7-6-20-13(11(7)15)12-10(14(17)18-19-12)8-2-4-9(16)5-3-8/h2-6H,1H3,(H2,17,18). The summed E-state index contributed by atoms with van der Waals surface area (Å²) in [5.41, 5.74) is 8.20. The van der Waals surface area contributed by atoms with Crippen molar-refractivity contribution in [2.45, 2.75) is 6.92 Å². The van der Waals surface area contributed by atoms with Gasteiger partial charge >= 0.3 is 0 Å². The van der Waals surface area contributed by atoms with Crippen molar-refractivity contribution in [2.24, 2.45) is 0 Å². The molecule has 0 aliphatic heterocycles. The molecule has 0 unspecified atom stereocenters. The van der Waals surface area contributed by atoms with E-state index >= 15 is 0 Å². The number of hydrogen-bond donors (Lipinski definition) is 1. The number of nitrogen functional groups attached to an aromatic ring is 1. The first-order valence-electron chi connectivity index (χ1n) is 5.83. The van der Waals surface area contributed by atoms with Crippen LogP contribution in [-0.4, -0.2) is 5.16 Å². The third-order valence-corrected chi connectivity index (χ3v) is 4.65. The molecule has 6 heteroatoms. The summed E-state index contributed by atoms with van der Waals surface area (Å²) >= 11 is 7.72. The second kappa shape index (κ2) is 4.92. The predicted molar refractivity (Wildman–Crippen MR) is 79.4 cm³/mol. The predicted octanol–water partition coefficient (Wildman–Crippen LogP) is 4.75. The number of thiophene rings is 1. The zero-order chi connectivity index (χ0) is 14.3. The maximum Gasteiger partial charge on any atom is 0.188 e. The Hall–Kier alpha value is -1.85. The molecule has 20 heavy (non-hydrogen) atoms. The van der Waals surface area contributed by atoms with Crippen molar-refractivity contribution in [2.75, 3.05) is 5.73 Å². The Morgan fingerprint density at radius 2 is 2.00 bits per heavy atom. The highest BCUT2D eigenvalue weighted by Crippen LogP contribution is 2.43. The van der Waals surface area contributed by atoms with Crippen molar-refractivity contribution in [1.29, 1.82) is 0 Å². The number of hydrogen-bond acceptors (Lipinski definition) is 4. The molecule has 0 amide bonds. The van der Waals surface area contributed by atoms with Crippen LogP contribution in [0.2, 0.25) is 5.02 Å². The molecule has 0 saturated carbocycles. The van der Waals surface area contributed by atoms with Gasteiger partial charge in [0.1, 0.15) is 5.82 Å². The fourth-order valence-corrected chi connectivity index (χ4v) is 3.20. The van der Waals surface area contributed by atoms with E-state index in [1.807, 2.05) is 12.3 Å². The number of nitrogens with zero attached hydrogens (tertiary/aromatic N) is 1. The molecular weight excluding hydrogens is 299 g/mol. The van der Waals surface area contributed by atoms with Gasteiger partial charge in [-0.25, -0.2) is 4.39 Å². The van der Waals surface area contributed by atoms with Gasteiger partial charge in [0, 0.05) is 0 Å². The van der Waals surface area contributed by atoms with Gasteiger partial charge in [-0.2, -0.15) is 0 Å². The van der Waals surface area contributed by atoms with Crippen molar-refractivity contribution in [3.05, 3.63) is 46.0 Å². The van der Waals surface area contributed by atoms with Gasteiger partial charge < -0.3 is 10.3 Å². The SMILES string of the molecule is Cc1csc(-c2onc(N)c2-c2ccc(F)cc2)c1Cl. The van der Waals surface area contributed by atoms with Gasteiger partial charge in [0.25, 0.3) is 0 Å². The van der Waals surface area contributed by atoms with E-state index in [9.17, 15) is 4.39 Å². The average Bonchev–Trinajstić information content (AvgIpc) is 2.96. The van der Waals surface area contributed by atoms with Crippen LogP contribution in [0.4, 0.5) is 10.2 Å². The number of aromatic nitrogens is 1. The van der Waals surface area contributed by atoms with Gasteiger partial charge in [-0.1, -0.05) is 28.9 Å². The Kier molecular flexibility index (Phi) is 3.23. The molecule has 0 fully saturated rings. The van der Waals surface area contributed by atoms with Gasteiger partial charge in [-0.15, -0.1) is 11.3 Å². The Balaban J connectivity index is 2.19. The van der Waals surface area contributed by atoms with Crippen molar-refractivity contribution < 1.29 is 8.91 Å².